The lowest BCUT2D eigenvalue weighted by atomic mass is 10.1. The van der Waals surface area contributed by atoms with Crippen LogP contribution < -0.4 is 10.6 Å². The van der Waals surface area contributed by atoms with E-state index in [0.29, 0.717) is 17.3 Å². The fourth-order valence-corrected chi connectivity index (χ4v) is 2.37. The van der Waals surface area contributed by atoms with Crippen molar-refractivity contribution in [3.63, 3.8) is 0 Å². The molecule has 1 aromatic rings. The summed E-state index contributed by atoms with van der Waals surface area (Å²) >= 11 is 0. The van der Waals surface area contributed by atoms with Gasteiger partial charge in [-0.05, 0) is 37.1 Å². The van der Waals surface area contributed by atoms with Crippen LogP contribution in [0.2, 0.25) is 0 Å². The smallest absolute Gasteiger partial charge is 0.251 e. The summed E-state index contributed by atoms with van der Waals surface area (Å²) in [5.74, 6) is -0.262. The Hall–Kier alpha value is -1.88. The molecule has 108 valence electrons. The monoisotopic (exact) mass is 276 g/mol. The summed E-state index contributed by atoms with van der Waals surface area (Å²) in [4.78, 5) is 23.4. The van der Waals surface area contributed by atoms with E-state index in [2.05, 4.69) is 10.6 Å². The van der Waals surface area contributed by atoms with E-state index in [9.17, 15) is 9.59 Å². The zero-order valence-corrected chi connectivity index (χ0v) is 11.6. The topological polar surface area (TPSA) is 67.4 Å². The summed E-state index contributed by atoms with van der Waals surface area (Å²) < 4.78 is 4.74. The van der Waals surface area contributed by atoms with Crippen LogP contribution in [0.15, 0.2) is 24.3 Å². The van der Waals surface area contributed by atoms with Gasteiger partial charge in [0.25, 0.3) is 5.91 Å². The van der Waals surface area contributed by atoms with Crippen LogP contribution in [0.4, 0.5) is 5.69 Å². The Bertz CT molecular complexity index is 465. The van der Waals surface area contributed by atoms with Crippen molar-refractivity contribution in [3.05, 3.63) is 29.8 Å². The first kappa shape index (κ1) is 14.5. The molecule has 5 nitrogen and oxygen atoms in total. The van der Waals surface area contributed by atoms with E-state index in [-0.39, 0.29) is 18.4 Å². The minimum absolute atomic E-state index is 0.0178. The molecule has 0 atom stereocenters. The predicted molar refractivity (Wildman–Crippen MR) is 76.7 cm³/mol. The number of hydrogen-bond donors (Lipinski definition) is 2. The maximum absolute atomic E-state index is 12.0. The number of carbonyl (C=O) groups is 2. The average molecular weight is 276 g/mol. The van der Waals surface area contributed by atoms with Crippen molar-refractivity contribution in [3.8, 4) is 0 Å². The lowest BCUT2D eigenvalue weighted by Gasteiger charge is -2.12. The molecule has 20 heavy (non-hydrogen) atoms. The highest BCUT2D eigenvalue weighted by molar-refractivity contribution is 5.96. The number of amides is 2. The molecule has 0 aromatic heterocycles. The fraction of sp³-hybridized carbons (Fsp3) is 0.467. The van der Waals surface area contributed by atoms with E-state index in [1.807, 2.05) is 0 Å². The van der Waals surface area contributed by atoms with Crippen LogP contribution in [0, 0.1) is 0 Å². The number of ether oxygens (including phenoxy) is 1. The Balaban J connectivity index is 1.89. The standard InChI is InChI=1S/C15H20N2O3/c1-20-10-14(18)16-13-8-6-11(7-9-13)15(19)17-12-4-2-3-5-12/h6-9,12H,2-5,10H2,1H3,(H,16,18)(H,17,19). The number of benzene rings is 1. The van der Waals surface area contributed by atoms with Gasteiger partial charge in [0, 0.05) is 24.4 Å². The normalized spacial score (nSPS) is 15.1. The number of hydrogen-bond acceptors (Lipinski definition) is 3. The summed E-state index contributed by atoms with van der Waals surface area (Å²) in [6.07, 6.45) is 4.51. The van der Waals surface area contributed by atoms with E-state index in [0.717, 1.165) is 12.8 Å². The van der Waals surface area contributed by atoms with Gasteiger partial charge in [-0.1, -0.05) is 12.8 Å². The highest BCUT2D eigenvalue weighted by Crippen LogP contribution is 2.18. The van der Waals surface area contributed by atoms with Gasteiger partial charge in [0.2, 0.25) is 5.91 Å². The van der Waals surface area contributed by atoms with Crippen LogP contribution in [0.5, 0.6) is 0 Å². The first-order chi connectivity index (χ1) is 9.69. The second-order valence-electron chi connectivity index (χ2n) is 5.01. The van der Waals surface area contributed by atoms with Gasteiger partial charge >= 0.3 is 0 Å². The van der Waals surface area contributed by atoms with Crippen LogP contribution in [0.25, 0.3) is 0 Å². The van der Waals surface area contributed by atoms with Gasteiger partial charge in [-0.15, -0.1) is 0 Å². The second kappa shape index (κ2) is 7.05. The molecule has 2 amide bonds. The van der Waals surface area contributed by atoms with E-state index in [1.165, 1.54) is 20.0 Å². The van der Waals surface area contributed by atoms with Gasteiger partial charge in [0.05, 0.1) is 0 Å². The molecule has 0 radical (unpaired) electrons. The largest absolute Gasteiger partial charge is 0.375 e. The van der Waals surface area contributed by atoms with Crippen LogP contribution in [0.1, 0.15) is 36.0 Å². The third kappa shape index (κ3) is 4.06. The molecular weight excluding hydrogens is 256 g/mol. The molecule has 5 heteroatoms. The molecule has 0 aliphatic heterocycles. The summed E-state index contributed by atoms with van der Waals surface area (Å²) in [6.45, 7) is 0.0178. The van der Waals surface area contributed by atoms with Crippen molar-refractivity contribution in [1.29, 1.82) is 0 Å². The van der Waals surface area contributed by atoms with Crippen molar-refractivity contribution < 1.29 is 14.3 Å². The first-order valence-electron chi connectivity index (χ1n) is 6.89. The zero-order valence-electron chi connectivity index (χ0n) is 11.6. The number of rotatable bonds is 5. The highest BCUT2D eigenvalue weighted by Gasteiger charge is 2.17. The molecule has 2 rings (SSSR count). The van der Waals surface area contributed by atoms with Gasteiger partial charge in [0.15, 0.2) is 0 Å². The molecule has 1 aliphatic rings. The Morgan fingerprint density at radius 3 is 2.45 bits per heavy atom. The molecular formula is C15H20N2O3. The molecule has 0 unspecified atom stereocenters. The third-order valence-corrected chi connectivity index (χ3v) is 3.40. The van der Waals surface area contributed by atoms with Crippen molar-refractivity contribution in [2.45, 2.75) is 31.7 Å². The molecule has 1 fully saturated rings. The minimum Gasteiger partial charge on any atom is -0.375 e. The molecule has 1 aromatic carbocycles. The number of methoxy groups -OCH3 is 1. The van der Waals surface area contributed by atoms with Gasteiger partial charge in [0.1, 0.15) is 6.61 Å². The average Bonchev–Trinajstić information content (AvgIpc) is 2.92. The maximum atomic E-state index is 12.0. The van der Waals surface area contributed by atoms with Gasteiger partial charge < -0.3 is 15.4 Å². The lowest BCUT2D eigenvalue weighted by molar-refractivity contribution is -0.119. The lowest BCUT2D eigenvalue weighted by Crippen LogP contribution is -2.32. The quantitative estimate of drug-likeness (QED) is 0.863. The Morgan fingerprint density at radius 2 is 1.85 bits per heavy atom. The Morgan fingerprint density at radius 1 is 1.20 bits per heavy atom. The third-order valence-electron chi connectivity index (χ3n) is 3.40. The van der Waals surface area contributed by atoms with Crippen molar-refractivity contribution in [1.82, 2.24) is 5.32 Å². The van der Waals surface area contributed by atoms with E-state index >= 15 is 0 Å². The molecule has 0 bridgehead atoms. The van der Waals surface area contributed by atoms with E-state index in [4.69, 9.17) is 4.74 Å². The molecule has 0 spiro atoms. The first-order valence-corrected chi connectivity index (χ1v) is 6.89. The van der Waals surface area contributed by atoms with Crippen LogP contribution in [-0.2, 0) is 9.53 Å². The second-order valence-corrected chi connectivity index (χ2v) is 5.01. The molecule has 2 N–H and O–H groups in total. The van der Waals surface area contributed by atoms with Gasteiger partial charge in [-0.25, -0.2) is 0 Å². The van der Waals surface area contributed by atoms with E-state index < -0.39 is 0 Å². The summed E-state index contributed by atoms with van der Waals surface area (Å²) in [5, 5.41) is 5.72. The summed E-state index contributed by atoms with van der Waals surface area (Å²) in [6, 6.07) is 7.18. The van der Waals surface area contributed by atoms with Crippen molar-refractivity contribution >= 4 is 17.5 Å². The van der Waals surface area contributed by atoms with Gasteiger partial charge in [-0.2, -0.15) is 0 Å². The SMILES string of the molecule is COCC(=O)Nc1ccc(C(=O)NC2CCCC2)cc1. The minimum atomic E-state index is -0.212. The molecule has 0 saturated heterocycles. The van der Waals surface area contributed by atoms with E-state index in [1.54, 1.807) is 24.3 Å². The maximum Gasteiger partial charge on any atom is 0.251 e. The van der Waals surface area contributed by atoms with Crippen LogP contribution in [-0.4, -0.2) is 31.6 Å². The van der Waals surface area contributed by atoms with Crippen molar-refractivity contribution in [2.75, 3.05) is 19.0 Å². The number of carbonyl (C=O) groups excluding carboxylic acids is 2. The highest BCUT2D eigenvalue weighted by atomic mass is 16.5. The van der Waals surface area contributed by atoms with Crippen LogP contribution in [0.3, 0.4) is 0 Å². The summed E-state index contributed by atoms with van der Waals surface area (Å²) in [5.41, 5.74) is 1.27. The van der Waals surface area contributed by atoms with Gasteiger partial charge in [-0.3, -0.25) is 9.59 Å². The Kier molecular flexibility index (Phi) is 5.12. The summed E-state index contributed by atoms with van der Waals surface area (Å²) in [7, 11) is 1.47. The number of nitrogens with one attached hydrogen (secondary N) is 2. The fourth-order valence-electron chi connectivity index (χ4n) is 2.37. The van der Waals surface area contributed by atoms with Crippen LogP contribution >= 0.6 is 0 Å². The zero-order chi connectivity index (χ0) is 14.4. The Labute approximate surface area is 118 Å². The number of anilines is 1. The predicted octanol–water partition coefficient (Wildman–Crippen LogP) is 1.94. The molecule has 0 heterocycles. The molecule has 1 saturated carbocycles. The van der Waals surface area contributed by atoms with Crippen molar-refractivity contribution in [2.24, 2.45) is 0 Å². The molecule has 1 aliphatic carbocycles.